The molecule has 1 atom stereocenters. The number of fused-ring (bicyclic) bond motifs is 1. The predicted molar refractivity (Wildman–Crippen MR) is 76.1 cm³/mol. The number of hydrogen-bond acceptors (Lipinski definition) is 4. The Morgan fingerprint density at radius 2 is 2.19 bits per heavy atom. The molecule has 1 fully saturated rings. The lowest BCUT2D eigenvalue weighted by Crippen LogP contribution is -2.39. The molecule has 21 heavy (non-hydrogen) atoms. The molecule has 6 heteroatoms. The molecular formula is C15H16N4O2. The molecule has 108 valence electrons. The van der Waals surface area contributed by atoms with Gasteiger partial charge in [-0.05, 0) is 24.5 Å². The Kier molecular flexibility index (Phi) is 2.70. The van der Waals surface area contributed by atoms with Crippen LogP contribution >= 0.6 is 0 Å². The van der Waals surface area contributed by atoms with Crippen molar-refractivity contribution in [3.05, 3.63) is 41.5 Å². The van der Waals surface area contributed by atoms with Gasteiger partial charge in [-0.1, -0.05) is 23.4 Å². The van der Waals surface area contributed by atoms with E-state index in [0.717, 1.165) is 29.9 Å². The van der Waals surface area contributed by atoms with E-state index >= 15 is 0 Å². The fraction of sp³-hybridized carbons (Fsp3) is 0.400. The summed E-state index contributed by atoms with van der Waals surface area (Å²) in [5.41, 5.74) is 2.03. The number of nitrogens with one attached hydrogen (secondary N) is 1. The van der Waals surface area contributed by atoms with Gasteiger partial charge in [-0.2, -0.15) is 4.98 Å². The number of amides is 2. The number of rotatable bonds is 2. The molecule has 1 N–H and O–H groups in total. The first-order valence-corrected chi connectivity index (χ1v) is 7.20. The first-order valence-electron chi connectivity index (χ1n) is 7.20. The largest absolute Gasteiger partial charge is 0.341 e. The molecular weight excluding hydrogens is 268 g/mol. The lowest BCUT2D eigenvalue weighted by molar-refractivity contribution is 0.244. The van der Waals surface area contributed by atoms with Gasteiger partial charge < -0.3 is 9.84 Å². The first kappa shape index (κ1) is 12.4. The number of carbonyl (C=O) groups is 1. The summed E-state index contributed by atoms with van der Waals surface area (Å²) in [6.07, 6.45) is 2.96. The number of nitrogens with zero attached hydrogens (tertiary/aromatic N) is 3. The molecule has 1 unspecified atom stereocenters. The van der Waals surface area contributed by atoms with Gasteiger partial charge in [0.05, 0.1) is 0 Å². The number of para-hydroxylation sites is 1. The predicted octanol–water partition coefficient (Wildman–Crippen LogP) is 2.39. The van der Waals surface area contributed by atoms with Crippen molar-refractivity contribution in [1.29, 1.82) is 0 Å². The Hall–Kier alpha value is -2.37. The van der Waals surface area contributed by atoms with Crippen molar-refractivity contribution < 1.29 is 9.32 Å². The molecule has 2 aliphatic rings. The van der Waals surface area contributed by atoms with Gasteiger partial charge in [0.15, 0.2) is 5.82 Å². The first-order chi connectivity index (χ1) is 10.3. The average molecular weight is 284 g/mol. The quantitative estimate of drug-likeness (QED) is 0.919. The van der Waals surface area contributed by atoms with Gasteiger partial charge in [-0.25, -0.2) is 4.79 Å². The summed E-state index contributed by atoms with van der Waals surface area (Å²) in [5.74, 6) is 1.74. The monoisotopic (exact) mass is 284 g/mol. The zero-order chi connectivity index (χ0) is 14.4. The summed E-state index contributed by atoms with van der Waals surface area (Å²) in [4.78, 5) is 18.5. The van der Waals surface area contributed by atoms with Crippen LogP contribution in [0.25, 0.3) is 0 Å². The minimum atomic E-state index is -0.220. The molecule has 2 heterocycles. The van der Waals surface area contributed by atoms with Crippen LogP contribution < -0.4 is 10.2 Å². The Labute approximate surface area is 122 Å². The molecule has 2 amide bonds. The molecule has 1 aliphatic heterocycles. The molecule has 6 nitrogen and oxygen atoms in total. The third-order valence-corrected chi connectivity index (χ3v) is 4.09. The highest BCUT2D eigenvalue weighted by Crippen LogP contribution is 2.42. The Bertz CT molecular complexity index is 692. The van der Waals surface area contributed by atoms with Gasteiger partial charge in [0.2, 0.25) is 5.89 Å². The Morgan fingerprint density at radius 1 is 1.38 bits per heavy atom. The molecule has 4 rings (SSSR count). The molecule has 0 radical (unpaired) electrons. The average Bonchev–Trinajstić information content (AvgIpc) is 3.12. The van der Waals surface area contributed by atoms with Crippen molar-refractivity contribution in [1.82, 2.24) is 15.5 Å². The standard InChI is InChI=1S/C15H16N4O2/c1-16-15(20)19-11-5-3-2-4-10(11)8-12(19)14-17-13(18-21-14)9-6-7-9/h2-5,9,12H,6-8H2,1H3,(H,16,20). The zero-order valence-corrected chi connectivity index (χ0v) is 11.7. The maximum atomic E-state index is 12.2. The van der Waals surface area contributed by atoms with Crippen molar-refractivity contribution in [3.63, 3.8) is 0 Å². The molecule has 0 bridgehead atoms. The van der Waals surface area contributed by atoms with E-state index in [1.807, 2.05) is 24.3 Å². The zero-order valence-electron chi connectivity index (χ0n) is 11.7. The van der Waals surface area contributed by atoms with Crippen molar-refractivity contribution in [2.75, 3.05) is 11.9 Å². The second kappa shape index (κ2) is 4.58. The minimum Gasteiger partial charge on any atom is -0.341 e. The summed E-state index contributed by atoms with van der Waals surface area (Å²) < 4.78 is 5.42. The fourth-order valence-corrected chi connectivity index (χ4v) is 2.85. The third kappa shape index (κ3) is 1.98. The van der Waals surface area contributed by atoms with Crippen LogP contribution in [0.4, 0.5) is 10.5 Å². The van der Waals surface area contributed by atoms with Gasteiger partial charge in [-0.15, -0.1) is 0 Å². The van der Waals surface area contributed by atoms with Gasteiger partial charge in [-0.3, -0.25) is 4.90 Å². The molecule has 0 spiro atoms. The smallest absolute Gasteiger partial charge is 0.322 e. The van der Waals surface area contributed by atoms with Crippen molar-refractivity contribution in [2.24, 2.45) is 0 Å². The number of aromatic nitrogens is 2. The summed E-state index contributed by atoms with van der Waals surface area (Å²) >= 11 is 0. The maximum Gasteiger partial charge on any atom is 0.322 e. The van der Waals surface area contributed by atoms with E-state index < -0.39 is 0 Å². The number of urea groups is 1. The molecule has 1 aromatic carbocycles. The van der Waals surface area contributed by atoms with Crippen LogP contribution in [0.2, 0.25) is 0 Å². The van der Waals surface area contributed by atoms with E-state index in [0.29, 0.717) is 18.2 Å². The van der Waals surface area contributed by atoms with Crippen LogP contribution in [0, 0.1) is 0 Å². The van der Waals surface area contributed by atoms with E-state index in [-0.39, 0.29) is 12.1 Å². The molecule has 1 aliphatic carbocycles. The van der Waals surface area contributed by atoms with E-state index in [4.69, 9.17) is 4.52 Å². The van der Waals surface area contributed by atoms with Crippen LogP contribution in [0.5, 0.6) is 0 Å². The molecule has 2 aromatic rings. The number of carbonyl (C=O) groups excluding carboxylic acids is 1. The highest BCUT2D eigenvalue weighted by atomic mass is 16.5. The van der Waals surface area contributed by atoms with Crippen LogP contribution in [-0.2, 0) is 6.42 Å². The van der Waals surface area contributed by atoms with Crippen LogP contribution in [0.3, 0.4) is 0 Å². The van der Waals surface area contributed by atoms with E-state index in [2.05, 4.69) is 15.5 Å². The van der Waals surface area contributed by atoms with E-state index in [9.17, 15) is 4.79 Å². The Balaban J connectivity index is 1.71. The Morgan fingerprint density at radius 3 is 2.95 bits per heavy atom. The van der Waals surface area contributed by atoms with Gasteiger partial charge in [0.1, 0.15) is 6.04 Å². The van der Waals surface area contributed by atoms with Gasteiger partial charge in [0.25, 0.3) is 0 Å². The highest BCUT2D eigenvalue weighted by molar-refractivity contribution is 5.94. The summed E-state index contributed by atoms with van der Waals surface area (Å²) in [6.45, 7) is 0. The highest BCUT2D eigenvalue weighted by Gasteiger charge is 2.39. The lowest BCUT2D eigenvalue weighted by atomic mass is 10.1. The third-order valence-electron chi connectivity index (χ3n) is 4.09. The molecule has 1 aromatic heterocycles. The lowest BCUT2D eigenvalue weighted by Gasteiger charge is -2.22. The van der Waals surface area contributed by atoms with Gasteiger partial charge in [0, 0.05) is 25.1 Å². The second-order valence-electron chi connectivity index (χ2n) is 5.54. The van der Waals surface area contributed by atoms with Crippen molar-refractivity contribution in [3.8, 4) is 0 Å². The maximum absolute atomic E-state index is 12.2. The number of hydrogen-bond donors (Lipinski definition) is 1. The van der Waals surface area contributed by atoms with Gasteiger partial charge >= 0.3 is 6.03 Å². The number of benzene rings is 1. The van der Waals surface area contributed by atoms with E-state index in [1.54, 1.807) is 11.9 Å². The SMILES string of the molecule is CNC(=O)N1c2ccccc2CC1c1nc(C2CC2)no1. The van der Waals surface area contributed by atoms with Crippen LogP contribution in [0.1, 0.15) is 42.1 Å². The summed E-state index contributed by atoms with van der Waals surface area (Å²) in [7, 11) is 1.63. The van der Waals surface area contributed by atoms with Crippen LogP contribution in [-0.4, -0.2) is 23.2 Å². The summed E-state index contributed by atoms with van der Waals surface area (Å²) in [5, 5.41) is 6.75. The minimum absolute atomic E-state index is 0.156. The fourth-order valence-electron chi connectivity index (χ4n) is 2.85. The second-order valence-corrected chi connectivity index (χ2v) is 5.54. The molecule has 1 saturated carbocycles. The summed E-state index contributed by atoms with van der Waals surface area (Å²) in [6, 6.07) is 7.51. The van der Waals surface area contributed by atoms with Crippen molar-refractivity contribution >= 4 is 11.7 Å². The normalized spacial score (nSPS) is 20.4. The number of anilines is 1. The topological polar surface area (TPSA) is 71.3 Å². The molecule has 0 saturated heterocycles. The van der Waals surface area contributed by atoms with E-state index in [1.165, 1.54) is 0 Å². The van der Waals surface area contributed by atoms with Crippen molar-refractivity contribution in [2.45, 2.75) is 31.2 Å². The van der Waals surface area contributed by atoms with Crippen LogP contribution in [0.15, 0.2) is 28.8 Å².